The minimum Gasteiger partial charge on any atom is -0.370 e. The van der Waals surface area contributed by atoms with E-state index in [4.69, 9.17) is 4.74 Å². The Morgan fingerprint density at radius 2 is 1.61 bits per heavy atom. The van der Waals surface area contributed by atoms with Gasteiger partial charge in [0.25, 0.3) is 0 Å². The van der Waals surface area contributed by atoms with Crippen LogP contribution in [0.15, 0.2) is 42.5 Å². The van der Waals surface area contributed by atoms with Crippen LogP contribution in [0.5, 0.6) is 0 Å². The predicted octanol–water partition coefficient (Wildman–Crippen LogP) is 5.15. The fourth-order valence-electron chi connectivity index (χ4n) is 7.61. The molecule has 4 rings (SSSR count). The molecule has 0 bridgehead atoms. The second-order valence-corrected chi connectivity index (χ2v) is 15.0. The number of benzene rings is 1. The molecule has 0 aromatic heterocycles. The quantitative estimate of drug-likeness (QED) is 0.298. The van der Waals surface area contributed by atoms with Crippen molar-refractivity contribution in [2.45, 2.75) is 122 Å². The number of carbonyl (C=O) groups excluding carboxylic acids is 6. The summed E-state index contributed by atoms with van der Waals surface area (Å²) in [5.41, 5.74) is 0.193. The van der Waals surface area contributed by atoms with Crippen LogP contribution in [0.4, 0.5) is 0 Å². The van der Waals surface area contributed by atoms with Gasteiger partial charge in [-0.05, 0) is 64.4 Å². The summed E-state index contributed by atoms with van der Waals surface area (Å²) in [4.78, 5) is 83.9. The molecule has 0 spiro atoms. The number of hydrogen-bond acceptors (Lipinski definition) is 7. The number of allylic oxidation sites excluding steroid dienone is 2. The van der Waals surface area contributed by atoms with E-state index in [1.807, 2.05) is 26.8 Å². The van der Waals surface area contributed by atoms with E-state index in [2.05, 4.69) is 17.5 Å². The summed E-state index contributed by atoms with van der Waals surface area (Å²) in [5, 5.41) is 2.72. The van der Waals surface area contributed by atoms with E-state index in [1.54, 1.807) is 43.3 Å². The van der Waals surface area contributed by atoms with Gasteiger partial charge in [-0.3, -0.25) is 28.8 Å². The summed E-state index contributed by atoms with van der Waals surface area (Å²) >= 11 is 0. The predicted molar refractivity (Wildman–Crippen MR) is 186 cm³/mol. The molecular formula is C39H55N3O7. The summed E-state index contributed by atoms with van der Waals surface area (Å²) in [5.74, 6) is -3.68. The Balaban J connectivity index is 1.48. The Morgan fingerprint density at radius 3 is 2.27 bits per heavy atom. The summed E-state index contributed by atoms with van der Waals surface area (Å²) in [6.07, 6.45) is 10.3. The second-order valence-electron chi connectivity index (χ2n) is 15.0. The molecule has 2 saturated heterocycles. The molecular weight excluding hydrogens is 622 g/mol. The van der Waals surface area contributed by atoms with Gasteiger partial charge in [-0.1, -0.05) is 62.2 Å². The van der Waals surface area contributed by atoms with Crippen molar-refractivity contribution >= 4 is 35.1 Å². The van der Waals surface area contributed by atoms with Crippen LogP contribution in [0.1, 0.15) is 109 Å². The highest BCUT2D eigenvalue weighted by Crippen LogP contribution is 2.44. The first-order valence-electron chi connectivity index (χ1n) is 18.1. The van der Waals surface area contributed by atoms with Gasteiger partial charge in [-0.15, -0.1) is 0 Å². The maximum absolute atomic E-state index is 14.2. The number of ketones is 3. The van der Waals surface area contributed by atoms with Crippen LogP contribution in [0.25, 0.3) is 0 Å². The van der Waals surface area contributed by atoms with Gasteiger partial charge >= 0.3 is 0 Å². The fourth-order valence-corrected chi connectivity index (χ4v) is 7.61. The molecule has 0 aliphatic carbocycles. The van der Waals surface area contributed by atoms with Gasteiger partial charge in [0, 0.05) is 57.7 Å². The van der Waals surface area contributed by atoms with Crippen molar-refractivity contribution in [2.75, 3.05) is 20.6 Å². The van der Waals surface area contributed by atoms with Gasteiger partial charge < -0.3 is 19.9 Å². The number of nitrogens with one attached hydrogen (secondary N) is 1. The van der Waals surface area contributed by atoms with Crippen LogP contribution in [-0.4, -0.2) is 83.3 Å². The van der Waals surface area contributed by atoms with Crippen LogP contribution < -0.4 is 5.32 Å². The second kappa shape index (κ2) is 17.3. The Hall–Kier alpha value is -3.66. The Morgan fingerprint density at radius 1 is 0.959 bits per heavy atom. The average Bonchev–Trinajstić information content (AvgIpc) is 3.56. The lowest BCUT2D eigenvalue weighted by Gasteiger charge is -2.31. The van der Waals surface area contributed by atoms with Crippen molar-refractivity contribution < 1.29 is 33.5 Å². The van der Waals surface area contributed by atoms with E-state index in [-0.39, 0.29) is 54.8 Å². The van der Waals surface area contributed by atoms with E-state index in [1.165, 1.54) is 4.90 Å². The van der Waals surface area contributed by atoms with Gasteiger partial charge in [0.2, 0.25) is 23.5 Å². The van der Waals surface area contributed by atoms with Crippen LogP contribution in [0.3, 0.4) is 0 Å². The minimum atomic E-state index is -0.924. The first-order chi connectivity index (χ1) is 23.3. The molecule has 6 atom stereocenters. The third kappa shape index (κ3) is 10.2. The van der Waals surface area contributed by atoms with Gasteiger partial charge in [0.15, 0.2) is 11.6 Å². The van der Waals surface area contributed by atoms with Crippen molar-refractivity contribution in [1.29, 1.82) is 0 Å². The lowest BCUT2D eigenvalue weighted by Crippen LogP contribution is -2.47. The SMILES string of the molecule is C[C@H]1CCCC/C=C/CCCC[C@@H](C(=O)C(=O)CCC(=O)N[C@H](C(=O)N(C)C)c2ccccc2)CC(=O)C2[C@H]3CC(C)(C)OC3CN2C1=O. The van der Waals surface area contributed by atoms with E-state index < -0.39 is 41.1 Å². The average molecular weight is 678 g/mol. The van der Waals surface area contributed by atoms with Crippen molar-refractivity contribution in [3.8, 4) is 0 Å². The van der Waals surface area contributed by atoms with E-state index >= 15 is 0 Å². The molecule has 3 heterocycles. The maximum Gasteiger partial charge on any atom is 0.249 e. The normalized spacial score (nSPS) is 27.7. The van der Waals surface area contributed by atoms with Gasteiger partial charge in [0.05, 0.1) is 17.7 Å². The number of amides is 3. The summed E-state index contributed by atoms with van der Waals surface area (Å²) < 4.78 is 6.29. The number of ether oxygens (including phenoxy) is 1. The lowest BCUT2D eigenvalue weighted by atomic mass is 9.82. The minimum absolute atomic E-state index is 0.0551. The number of hydrogen-bond donors (Lipinski definition) is 1. The van der Waals surface area contributed by atoms with Crippen LogP contribution in [-0.2, 0) is 33.5 Å². The van der Waals surface area contributed by atoms with E-state index in [0.29, 0.717) is 31.4 Å². The standard InChI is InChI=1S/C39H55N3O7/c1-26-17-13-10-8-6-7-9-11-14-20-28(23-31(44)35-29-24-39(2,3)49-32(29)25-42(35)37(26)47)36(46)30(43)21-22-33(45)40-34(38(48)41(4)5)27-18-15-12-16-19-27/h6-7,12,15-16,18-19,26,28-29,32,34-35H,8-11,13-14,17,20-25H2,1-5H3,(H,40,45)/b7-6+/t26-,28+,29-,32?,34-,35?/m0/s1. The van der Waals surface area contributed by atoms with Crippen molar-refractivity contribution in [1.82, 2.24) is 15.1 Å². The first-order valence-corrected chi connectivity index (χ1v) is 18.1. The summed E-state index contributed by atoms with van der Waals surface area (Å²) in [6.45, 7) is 6.27. The maximum atomic E-state index is 14.2. The molecule has 2 unspecified atom stereocenters. The highest BCUT2D eigenvalue weighted by molar-refractivity contribution is 6.38. The third-order valence-corrected chi connectivity index (χ3v) is 10.2. The fraction of sp³-hybridized carbons (Fsp3) is 0.641. The molecule has 2 fully saturated rings. The number of rotatable bonds is 8. The molecule has 3 aliphatic rings. The van der Waals surface area contributed by atoms with Crippen molar-refractivity contribution in [3.63, 3.8) is 0 Å². The molecule has 3 amide bonds. The number of fused-ring (bicyclic) bond motifs is 3. The number of carbonyl (C=O) groups is 6. The smallest absolute Gasteiger partial charge is 0.249 e. The highest BCUT2D eigenvalue weighted by Gasteiger charge is 2.55. The van der Waals surface area contributed by atoms with Gasteiger partial charge in [-0.2, -0.15) is 0 Å². The van der Waals surface area contributed by atoms with Crippen LogP contribution in [0.2, 0.25) is 0 Å². The largest absolute Gasteiger partial charge is 0.370 e. The number of likely N-dealkylation sites (N-methyl/N-ethyl adjacent to an activating group) is 1. The molecule has 1 N–H and O–H groups in total. The zero-order chi connectivity index (χ0) is 35.7. The molecule has 268 valence electrons. The molecule has 3 aliphatic heterocycles. The van der Waals surface area contributed by atoms with Crippen molar-refractivity contribution in [3.05, 3.63) is 48.0 Å². The van der Waals surface area contributed by atoms with Gasteiger partial charge in [0.1, 0.15) is 6.04 Å². The van der Waals surface area contributed by atoms with E-state index in [9.17, 15) is 28.8 Å². The van der Waals surface area contributed by atoms with Gasteiger partial charge in [-0.25, -0.2) is 0 Å². The molecule has 1 aromatic carbocycles. The van der Waals surface area contributed by atoms with Crippen LogP contribution >= 0.6 is 0 Å². The summed E-state index contributed by atoms with van der Waals surface area (Å²) in [7, 11) is 3.20. The summed E-state index contributed by atoms with van der Waals surface area (Å²) in [6, 6.07) is 7.23. The molecule has 0 saturated carbocycles. The number of nitrogens with zero attached hydrogens (tertiary/aromatic N) is 2. The Kier molecular flexibility index (Phi) is 13.5. The molecule has 10 heteroatoms. The Labute approximate surface area is 291 Å². The highest BCUT2D eigenvalue weighted by atomic mass is 16.5. The topological polar surface area (TPSA) is 130 Å². The Bertz CT molecular complexity index is 1390. The molecule has 1 aromatic rings. The molecule has 10 nitrogen and oxygen atoms in total. The molecule has 0 radical (unpaired) electrons. The zero-order valence-corrected chi connectivity index (χ0v) is 30.0. The molecule has 49 heavy (non-hydrogen) atoms. The zero-order valence-electron chi connectivity index (χ0n) is 30.0. The third-order valence-electron chi connectivity index (χ3n) is 10.2. The van der Waals surface area contributed by atoms with E-state index in [0.717, 1.165) is 38.5 Å². The number of Topliss-reactive ketones (excluding diaryl/α,β-unsaturated/α-hetero) is 3. The van der Waals surface area contributed by atoms with Crippen molar-refractivity contribution in [2.24, 2.45) is 17.8 Å². The lowest BCUT2D eigenvalue weighted by molar-refractivity contribution is -0.144. The monoisotopic (exact) mass is 677 g/mol. The first kappa shape index (κ1) is 38.1. The van der Waals surface area contributed by atoms with Crippen LogP contribution in [0, 0.1) is 17.8 Å².